The lowest BCUT2D eigenvalue weighted by Gasteiger charge is -2.26. The molecule has 1 rings (SSSR count). The maximum atomic E-state index is 12.4. The van der Waals surface area contributed by atoms with E-state index in [1.54, 1.807) is 0 Å². The molecule has 4 N–H and O–H groups in total. The van der Waals surface area contributed by atoms with Gasteiger partial charge in [-0.3, -0.25) is 9.59 Å². The lowest BCUT2D eigenvalue weighted by molar-refractivity contribution is -0.187. The summed E-state index contributed by atoms with van der Waals surface area (Å²) in [6.45, 7) is 0.215. The highest BCUT2D eigenvalue weighted by Crippen LogP contribution is 2.45. The van der Waals surface area contributed by atoms with E-state index in [4.69, 9.17) is 10.8 Å². The Kier molecular flexibility index (Phi) is 3.13. The number of halogens is 3. The molecule has 1 atom stereocenters. The highest BCUT2D eigenvalue weighted by molar-refractivity contribution is 5.87. The fourth-order valence-corrected chi connectivity index (χ4v) is 1.18. The summed E-state index contributed by atoms with van der Waals surface area (Å²) < 4.78 is 37.1. The first kappa shape index (κ1) is 13.8. The van der Waals surface area contributed by atoms with E-state index in [0.29, 0.717) is 19.8 Å². The van der Waals surface area contributed by atoms with E-state index in [9.17, 15) is 22.8 Å². The van der Waals surface area contributed by atoms with Gasteiger partial charge in [-0.05, 0) is 19.8 Å². The summed E-state index contributed by atoms with van der Waals surface area (Å²) in [6.07, 6.45) is -4.19. The smallest absolute Gasteiger partial charge is 0.415 e. The maximum absolute atomic E-state index is 12.4. The van der Waals surface area contributed by atoms with Crippen LogP contribution in [0.1, 0.15) is 19.8 Å². The number of carbonyl (C=O) groups is 2. The third-order valence-electron chi connectivity index (χ3n) is 2.96. The predicted molar refractivity (Wildman–Crippen MR) is 51.0 cm³/mol. The number of amides is 1. The van der Waals surface area contributed by atoms with Crippen molar-refractivity contribution in [1.29, 1.82) is 0 Å². The van der Waals surface area contributed by atoms with Gasteiger partial charge in [0.15, 0.2) is 5.54 Å². The molecular formula is C9H13F3N2O3. The topological polar surface area (TPSA) is 92.4 Å². The first-order valence-electron chi connectivity index (χ1n) is 4.90. The third kappa shape index (κ3) is 2.51. The van der Waals surface area contributed by atoms with E-state index >= 15 is 0 Å². The SMILES string of the molecule is CC(N)(C(=O)NCC1(C(=O)O)CC1)C(F)(F)F. The summed E-state index contributed by atoms with van der Waals surface area (Å²) in [5.74, 6) is -2.54. The zero-order chi connectivity index (χ0) is 13.5. The van der Waals surface area contributed by atoms with E-state index < -0.39 is 29.0 Å². The number of rotatable bonds is 4. The van der Waals surface area contributed by atoms with Gasteiger partial charge in [0.1, 0.15) is 0 Å². The Morgan fingerprint density at radius 2 is 1.88 bits per heavy atom. The molecule has 17 heavy (non-hydrogen) atoms. The molecule has 0 saturated heterocycles. The normalized spacial score (nSPS) is 21.5. The molecule has 0 spiro atoms. The maximum Gasteiger partial charge on any atom is 0.415 e. The minimum absolute atomic E-state index is 0.329. The van der Waals surface area contributed by atoms with Crippen molar-refractivity contribution in [2.75, 3.05) is 6.54 Å². The van der Waals surface area contributed by atoms with Gasteiger partial charge in [-0.25, -0.2) is 0 Å². The summed E-state index contributed by atoms with van der Waals surface area (Å²) in [7, 11) is 0. The molecule has 5 nitrogen and oxygen atoms in total. The number of carboxylic acid groups (broad SMARTS) is 1. The van der Waals surface area contributed by atoms with Gasteiger partial charge in [0.2, 0.25) is 5.91 Å². The molecule has 0 bridgehead atoms. The van der Waals surface area contributed by atoms with Gasteiger partial charge >= 0.3 is 12.1 Å². The van der Waals surface area contributed by atoms with Gasteiger partial charge in [0, 0.05) is 6.54 Å². The Morgan fingerprint density at radius 3 is 2.18 bits per heavy atom. The van der Waals surface area contributed by atoms with Crippen molar-refractivity contribution in [3.63, 3.8) is 0 Å². The zero-order valence-electron chi connectivity index (χ0n) is 9.10. The van der Waals surface area contributed by atoms with Crippen LogP contribution in [0.15, 0.2) is 0 Å². The van der Waals surface area contributed by atoms with E-state index in [1.807, 2.05) is 5.32 Å². The number of alkyl halides is 3. The Balaban J connectivity index is 2.60. The van der Waals surface area contributed by atoms with Crippen molar-refractivity contribution in [2.24, 2.45) is 11.1 Å². The molecule has 0 aliphatic heterocycles. The molecule has 1 amide bonds. The summed E-state index contributed by atoms with van der Waals surface area (Å²) >= 11 is 0. The van der Waals surface area contributed by atoms with E-state index in [-0.39, 0.29) is 6.54 Å². The average molecular weight is 254 g/mol. The molecule has 98 valence electrons. The fourth-order valence-electron chi connectivity index (χ4n) is 1.18. The molecule has 0 aromatic carbocycles. The zero-order valence-corrected chi connectivity index (χ0v) is 9.10. The quantitative estimate of drug-likeness (QED) is 0.670. The van der Waals surface area contributed by atoms with Crippen molar-refractivity contribution in [3.8, 4) is 0 Å². The van der Waals surface area contributed by atoms with Gasteiger partial charge in [0.25, 0.3) is 0 Å². The number of aliphatic carboxylic acids is 1. The molecular weight excluding hydrogens is 241 g/mol. The van der Waals surface area contributed by atoms with Crippen LogP contribution in [-0.4, -0.2) is 35.2 Å². The lowest BCUT2D eigenvalue weighted by atomic mass is 10.0. The average Bonchev–Trinajstić information content (AvgIpc) is 2.93. The number of nitrogens with two attached hydrogens (primary N) is 1. The first-order valence-corrected chi connectivity index (χ1v) is 4.90. The second-order valence-electron chi connectivity index (χ2n) is 4.47. The van der Waals surface area contributed by atoms with Gasteiger partial charge < -0.3 is 16.2 Å². The standard InChI is InChI=1S/C9H13F3N2O3/c1-7(13,9(10,11)12)5(15)14-4-8(2-3-8)6(16)17/h2-4,13H2,1H3,(H,14,15)(H,16,17). The van der Waals surface area contributed by atoms with Crippen molar-refractivity contribution < 1.29 is 27.9 Å². The Labute approximate surface area is 95.2 Å². The Morgan fingerprint density at radius 1 is 1.41 bits per heavy atom. The molecule has 0 aromatic heterocycles. The van der Waals surface area contributed by atoms with Crippen LogP contribution in [0.3, 0.4) is 0 Å². The van der Waals surface area contributed by atoms with Crippen LogP contribution in [0.2, 0.25) is 0 Å². The van der Waals surface area contributed by atoms with Crippen LogP contribution < -0.4 is 11.1 Å². The van der Waals surface area contributed by atoms with Crippen LogP contribution in [-0.2, 0) is 9.59 Å². The van der Waals surface area contributed by atoms with Gasteiger partial charge in [-0.15, -0.1) is 0 Å². The highest BCUT2D eigenvalue weighted by atomic mass is 19.4. The van der Waals surface area contributed by atoms with Crippen LogP contribution in [0, 0.1) is 5.41 Å². The van der Waals surface area contributed by atoms with Crippen molar-refractivity contribution >= 4 is 11.9 Å². The van der Waals surface area contributed by atoms with E-state index in [0.717, 1.165) is 0 Å². The number of hydrogen-bond acceptors (Lipinski definition) is 3. The molecule has 1 fully saturated rings. The summed E-state index contributed by atoms with van der Waals surface area (Å²) in [4.78, 5) is 22.0. The lowest BCUT2D eigenvalue weighted by Crippen LogP contribution is -2.62. The van der Waals surface area contributed by atoms with E-state index in [1.165, 1.54) is 0 Å². The van der Waals surface area contributed by atoms with E-state index in [2.05, 4.69) is 0 Å². The van der Waals surface area contributed by atoms with Gasteiger partial charge in [-0.1, -0.05) is 0 Å². The second-order valence-corrected chi connectivity index (χ2v) is 4.47. The number of carbonyl (C=O) groups excluding carboxylic acids is 1. The predicted octanol–water partition coefficient (Wildman–Crippen LogP) is 0.247. The first-order chi connectivity index (χ1) is 7.53. The van der Waals surface area contributed by atoms with Gasteiger partial charge in [0.05, 0.1) is 5.41 Å². The van der Waals surface area contributed by atoms with Gasteiger partial charge in [-0.2, -0.15) is 13.2 Å². The van der Waals surface area contributed by atoms with Crippen LogP contribution in [0.25, 0.3) is 0 Å². The molecule has 1 aliphatic rings. The van der Waals surface area contributed by atoms with Crippen LogP contribution in [0.5, 0.6) is 0 Å². The molecule has 0 radical (unpaired) electrons. The minimum atomic E-state index is -4.88. The summed E-state index contributed by atoms with van der Waals surface area (Å²) in [5.41, 5.74) is 0.753. The Hall–Kier alpha value is -1.31. The third-order valence-corrected chi connectivity index (χ3v) is 2.96. The minimum Gasteiger partial charge on any atom is -0.481 e. The molecule has 8 heteroatoms. The largest absolute Gasteiger partial charge is 0.481 e. The number of carboxylic acids is 1. The summed E-state index contributed by atoms with van der Waals surface area (Å²) in [5, 5.41) is 10.7. The number of nitrogens with one attached hydrogen (secondary N) is 1. The monoisotopic (exact) mass is 254 g/mol. The molecule has 1 unspecified atom stereocenters. The van der Waals surface area contributed by atoms with Crippen LogP contribution >= 0.6 is 0 Å². The van der Waals surface area contributed by atoms with Crippen molar-refractivity contribution in [2.45, 2.75) is 31.5 Å². The van der Waals surface area contributed by atoms with Crippen molar-refractivity contribution in [3.05, 3.63) is 0 Å². The fraction of sp³-hybridized carbons (Fsp3) is 0.778. The second kappa shape index (κ2) is 3.86. The Bertz CT molecular complexity index is 348. The molecule has 1 saturated carbocycles. The molecule has 0 aromatic rings. The molecule has 1 aliphatic carbocycles. The highest BCUT2D eigenvalue weighted by Gasteiger charge is 2.56. The summed E-state index contributed by atoms with van der Waals surface area (Å²) in [6, 6.07) is 0. The molecule has 0 heterocycles. The number of hydrogen-bond donors (Lipinski definition) is 3. The van der Waals surface area contributed by atoms with Crippen LogP contribution in [0.4, 0.5) is 13.2 Å². The van der Waals surface area contributed by atoms with Crippen molar-refractivity contribution in [1.82, 2.24) is 5.32 Å².